The molecule has 0 fully saturated rings. The Morgan fingerprint density at radius 2 is 1.92 bits per heavy atom. The highest BCUT2D eigenvalue weighted by atomic mass is 19.1. The summed E-state index contributed by atoms with van der Waals surface area (Å²) in [7, 11) is 0. The van der Waals surface area contributed by atoms with Gasteiger partial charge in [0.25, 0.3) is 5.56 Å². The molecule has 2 heterocycles. The summed E-state index contributed by atoms with van der Waals surface area (Å²) in [4.78, 5) is 28.8. The molecule has 0 bridgehead atoms. The number of aryl methyl sites for hydroxylation is 1. The van der Waals surface area contributed by atoms with Crippen molar-refractivity contribution in [3.63, 3.8) is 0 Å². The molecule has 0 unspecified atom stereocenters. The van der Waals surface area contributed by atoms with Crippen molar-refractivity contribution < 1.29 is 9.18 Å². The van der Waals surface area contributed by atoms with Crippen LogP contribution in [0.3, 0.4) is 0 Å². The lowest BCUT2D eigenvalue weighted by atomic mass is 10.1. The van der Waals surface area contributed by atoms with E-state index in [1.54, 1.807) is 12.1 Å². The van der Waals surface area contributed by atoms with E-state index in [1.165, 1.54) is 33.9 Å². The minimum Gasteiger partial charge on any atom is -0.351 e. The van der Waals surface area contributed by atoms with Crippen LogP contribution < -0.4 is 10.9 Å². The third-order valence-electron chi connectivity index (χ3n) is 3.72. The second kappa shape index (κ2) is 6.70. The topological polar surface area (TPSA) is 81.8 Å². The monoisotopic (exact) mass is 357 g/mol. The Morgan fingerprint density at radius 3 is 2.58 bits per heavy atom. The van der Waals surface area contributed by atoms with Gasteiger partial charge >= 0.3 is 0 Å². The molecule has 0 aliphatic carbocycles. The Labute approximate surface area is 149 Å². The maximum Gasteiger partial charge on any atom is 0.264 e. The molecule has 0 atom stereocenters. The van der Waals surface area contributed by atoms with Gasteiger partial charge in [-0.3, -0.25) is 14.2 Å². The van der Waals surface area contributed by atoms with Crippen molar-refractivity contribution in [1.82, 2.24) is 24.6 Å². The summed E-state index contributed by atoms with van der Waals surface area (Å²) in [5.41, 5.74) is 0.403. The molecule has 1 aromatic carbocycles. The van der Waals surface area contributed by atoms with Crippen LogP contribution in [0.1, 0.15) is 27.2 Å². The number of halogens is 1. The predicted molar refractivity (Wildman–Crippen MR) is 95.6 cm³/mol. The summed E-state index contributed by atoms with van der Waals surface area (Å²) < 4.78 is 15.9. The van der Waals surface area contributed by atoms with Gasteiger partial charge in [-0.25, -0.2) is 14.1 Å². The Kier molecular flexibility index (Phi) is 4.58. The van der Waals surface area contributed by atoms with Crippen LogP contribution in [-0.2, 0) is 11.3 Å². The van der Waals surface area contributed by atoms with E-state index in [9.17, 15) is 14.0 Å². The number of nitrogens with zero attached hydrogens (tertiary/aromatic N) is 4. The number of amides is 1. The first-order chi connectivity index (χ1) is 12.2. The van der Waals surface area contributed by atoms with Crippen LogP contribution in [0.4, 0.5) is 4.39 Å². The van der Waals surface area contributed by atoms with Crippen LogP contribution in [0.2, 0.25) is 0 Å². The van der Waals surface area contributed by atoms with Gasteiger partial charge in [0.05, 0.1) is 18.2 Å². The Hall–Kier alpha value is -3.03. The number of nitrogens with one attached hydrogen (secondary N) is 1. The van der Waals surface area contributed by atoms with Crippen molar-refractivity contribution in [3.05, 3.63) is 53.0 Å². The molecule has 0 aliphatic heterocycles. The first-order valence-electron chi connectivity index (χ1n) is 8.25. The molecule has 0 saturated heterocycles. The van der Waals surface area contributed by atoms with Crippen molar-refractivity contribution in [2.45, 2.75) is 39.3 Å². The zero-order valence-corrected chi connectivity index (χ0v) is 14.9. The van der Waals surface area contributed by atoms with Crippen molar-refractivity contribution >= 4 is 16.9 Å². The Balaban J connectivity index is 1.85. The van der Waals surface area contributed by atoms with Crippen LogP contribution >= 0.6 is 0 Å². The van der Waals surface area contributed by atoms with Crippen LogP contribution in [0.15, 0.2) is 41.6 Å². The standard InChI is InChI=1S/C18H20FN5O2/c1-18(2,3)22-15(25)8-9-23-11-20-16-14(17(23)26)10-21-24(16)13-6-4-12(19)5-7-13/h4-7,10-11H,8-9H2,1-3H3,(H,22,25). The van der Waals surface area contributed by atoms with Gasteiger partial charge in [-0.15, -0.1) is 0 Å². The summed E-state index contributed by atoms with van der Waals surface area (Å²) in [6.07, 6.45) is 3.01. The fourth-order valence-corrected chi connectivity index (χ4v) is 2.58. The highest BCUT2D eigenvalue weighted by molar-refractivity contribution is 5.77. The van der Waals surface area contributed by atoms with E-state index in [0.717, 1.165) is 0 Å². The average Bonchev–Trinajstić information content (AvgIpc) is 2.98. The normalized spacial score (nSPS) is 11.7. The lowest BCUT2D eigenvalue weighted by Gasteiger charge is -2.20. The first kappa shape index (κ1) is 17.8. The molecule has 0 spiro atoms. The van der Waals surface area contributed by atoms with Crippen molar-refractivity contribution in [1.29, 1.82) is 0 Å². The highest BCUT2D eigenvalue weighted by Gasteiger charge is 2.15. The third-order valence-corrected chi connectivity index (χ3v) is 3.72. The molecule has 0 radical (unpaired) electrons. The van der Waals surface area contributed by atoms with Gasteiger partial charge in [0.2, 0.25) is 5.91 Å². The van der Waals surface area contributed by atoms with E-state index in [2.05, 4.69) is 15.4 Å². The minimum atomic E-state index is -0.353. The average molecular weight is 357 g/mol. The highest BCUT2D eigenvalue weighted by Crippen LogP contribution is 2.14. The van der Waals surface area contributed by atoms with Gasteiger partial charge in [0.1, 0.15) is 11.2 Å². The quantitative estimate of drug-likeness (QED) is 0.775. The van der Waals surface area contributed by atoms with E-state index in [-0.39, 0.29) is 35.8 Å². The lowest BCUT2D eigenvalue weighted by Crippen LogP contribution is -2.41. The number of benzene rings is 1. The first-order valence-corrected chi connectivity index (χ1v) is 8.25. The van der Waals surface area contributed by atoms with Gasteiger partial charge in [0.15, 0.2) is 5.65 Å². The second-order valence-corrected chi connectivity index (χ2v) is 7.06. The Bertz CT molecular complexity index is 999. The molecular weight excluding hydrogens is 337 g/mol. The molecule has 8 heteroatoms. The smallest absolute Gasteiger partial charge is 0.264 e. The van der Waals surface area contributed by atoms with Crippen LogP contribution in [-0.4, -0.2) is 30.8 Å². The molecule has 0 saturated carbocycles. The summed E-state index contributed by atoms with van der Waals surface area (Å²) in [6, 6.07) is 5.76. The number of fused-ring (bicyclic) bond motifs is 1. The van der Waals surface area contributed by atoms with Gasteiger partial charge < -0.3 is 5.32 Å². The summed E-state index contributed by atoms with van der Waals surface area (Å²) in [5.74, 6) is -0.486. The fraction of sp³-hybridized carbons (Fsp3) is 0.333. The number of aromatic nitrogens is 4. The van der Waals surface area contributed by atoms with Crippen LogP contribution in [0.5, 0.6) is 0 Å². The van der Waals surface area contributed by atoms with Crippen molar-refractivity contribution in [3.8, 4) is 5.69 Å². The van der Waals surface area contributed by atoms with Gasteiger partial charge in [-0.1, -0.05) is 0 Å². The molecule has 2 aromatic heterocycles. The number of carbonyl (C=O) groups excluding carboxylic acids is 1. The number of hydrogen-bond acceptors (Lipinski definition) is 4. The van der Waals surface area contributed by atoms with Crippen LogP contribution in [0.25, 0.3) is 16.7 Å². The Morgan fingerprint density at radius 1 is 1.23 bits per heavy atom. The lowest BCUT2D eigenvalue weighted by molar-refractivity contribution is -0.122. The van der Waals surface area contributed by atoms with E-state index >= 15 is 0 Å². The molecule has 3 aromatic rings. The van der Waals surface area contributed by atoms with Crippen molar-refractivity contribution in [2.24, 2.45) is 0 Å². The van der Waals surface area contributed by atoms with E-state index in [1.807, 2.05) is 20.8 Å². The largest absolute Gasteiger partial charge is 0.351 e. The molecule has 3 rings (SSSR count). The van der Waals surface area contributed by atoms with Crippen LogP contribution in [0, 0.1) is 5.82 Å². The summed E-state index contributed by atoms with van der Waals surface area (Å²) >= 11 is 0. The van der Waals surface area contributed by atoms with E-state index in [4.69, 9.17) is 0 Å². The summed E-state index contributed by atoms with van der Waals surface area (Å²) in [5, 5.41) is 7.38. The van der Waals surface area contributed by atoms with E-state index in [0.29, 0.717) is 16.7 Å². The zero-order valence-electron chi connectivity index (χ0n) is 14.9. The van der Waals surface area contributed by atoms with Crippen molar-refractivity contribution in [2.75, 3.05) is 0 Å². The third kappa shape index (κ3) is 3.79. The SMILES string of the molecule is CC(C)(C)NC(=O)CCn1cnc2c(cnn2-c2ccc(F)cc2)c1=O. The summed E-state index contributed by atoms with van der Waals surface area (Å²) in [6.45, 7) is 5.92. The molecule has 0 aliphatic rings. The van der Waals surface area contributed by atoms with E-state index < -0.39 is 0 Å². The molecule has 1 amide bonds. The number of carbonyl (C=O) groups is 1. The van der Waals surface area contributed by atoms with Gasteiger partial charge in [0, 0.05) is 18.5 Å². The fourth-order valence-electron chi connectivity index (χ4n) is 2.58. The maximum atomic E-state index is 13.1. The van der Waals surface area contributed by atoms with Gasteiger partial charge in [-0.2, -0.15) is 5.10 Å². The zero-order chi connectivity index (χ0) is 18.9. The number of hydrogen-bond donors (Lipinski definition) is 1. The minimum absolute atomic E-state index is 0.133. The van der Waals surface area contributed by atoms with Gasteiger partial charge in [-0.05, 0) is 45.0 Å². The molecular formula is C18H20FN5O2. The molecule has 136 valence electrons. The predicted octanol–water partition coefficient (Wildman–Crippen LogP) is 2.03. The second-order valence-electron chi connectivity index (χ2n) is 7.06. The molecule has 26 heavy (non-hydrogen) atoms. The number of rotatable bonds is 4. The molecule has 7 nitrogen and oxygen atoms in total. The molecule has 1 N–H and O–H groups in total. The maximum absolute atomic E-state index is 13.1.